The van der Waals surface area contributed by atoms with Crippen molar-refractivity contribution in [2.24, 2.45) is 10.8 Å². The minimum atomic E-state index is -0.355. The lowest BCUT2D eigenvalue weighted by Gasteiger charge is -2.49. The van der Waals surface area contributed by atoms with E-state index in [0.29, 0.717) is 26.0 Å². The van der Waals surface area contributed by atoms with Crippen molar-refractivity contribution in [2.75, 3.05) is 20.3 Å². The molecule has 0 saturated heterocycles. The molecule has 220 valence electrons. The van der Waals surface area contributed by atoms with E-state index in [0.717, 1.165) is 58.4 Å². The predicted molar refractivity (Wildman–Crippen MR) is 168 cm³/mol. The Hall–Kier alpha value is -3.44. The highest BCUT2D eigenvalue weighted by Gasteiger charge is 2.49. The van der Waals surface area contributed by atoms with Gasteiger partial charge in [0.2, 0.25) is 0 Å². The molecule has 5 heteroatoms. The van der Waals surface area contributed by atoms with E-state index in [1.54, 1.807) is 7.11 Å². The number of methoxy groups -OCH3 is 1. The second kappa shape index (κ2) is 10.4. The molecule has 6 rings (SSSR count). The second-order valence-corrected chi connectivity index (χ2v) is 14.4. The molecule has 0 saturated carbocycles. The van der Waals surface area contributed by atoms with Crippen LogP contribution in [0.5, 0.6) is 0 Å². The summed E-state index contributed by atoms with van der Waals surface area (Å²) in [5.41, 5.74) is 9.50. The zero-order valence-electron chi connectivity index (χ0n) is 26.3. The van der Waals surface area contributed by atoms with Crippen molar-refractivity contribution in [2.45, 2.75) is 79.7 Å². The van der Waals surface area contributed by atoms with Gasteiger partial charge in [-0.2, -0.15) is 0 Å². The van der Waals surface area contributed by atoms with Crippen molar-refractivity contribution < 1.29 is 14.3 Å². The predicted octanol–water partition coefficient (Wildman–Crippen LogP) is 7.64. The highest BCUT2D eigenvalue weighted by Crippen LogP contribution is 2.55. The number of para-hydroxylation sites is 1. The second-order valence-electron chi connectivity index (χ2n) is 14.4. The van der Waals surface area contributed by atoms with Crippen LogP contribution in [0.25, 0.3) is 10.9 Å². The molecule has 0 amide bonds. The highest BCUT2D eigenvalue weighted by molar-refractivity contribution is 6.08. The number of benzene rings is 2. The van der Waals surface area contributed by atoms with Crippen LogP contribution >= 0.6 is 0 Å². The first-order valence-corrected chi connectivity index (χ1v) is 15.3. The largest absolute Gasteiger partial charge is 0.383 e. The summed E-state index contributed by atoms with van der Waals surface area (Å²) < 4.78 is 7.86. The summed E-state index contributed by atoms with van der Waals surface area (Å²) in [6.45, 7) is 14.9. The molecule has 42 heavy (non-hydrogen) atoms. The van der Waals surface area contributed by atoms with Crippen LogP contribution in [0.1, 0.15) is 81.5 Å². The number of ether oxygens (including phenoxy) is 1. The van der Waals surface area contributed by atoms with E-state index in [9.17, 15) is 9.59 Å². The number of allylic oxidation sites excluding steroid dienone is 4. The van der Waals surface area contributed by atoms with E-state index < -0.39 is 0 Å². The minimum Gasteiger partial charge on any atom is -0.383 e. The third-order valence-corrected chi connectivity index (χ3v) is 9.31. The van der Waals surface area contributed by atoms with Gasteiger partial charge in [-0.15, -0.1) is 0 Å². The smallest absolute Gasteiger partial charge is 0.162 e. The van der Waals surface area contributed by atoms with Crippen LogP contribution in [0.3, 0.4) is 0 Å². The molecule has 3 aromatic rings. The fourth-order valence-corrected chi connectivity index (χ4v) is 7.80. The lowest BCUT2D eigenvalue weighted by Crippen LogP contribution is -2.45. The molecule has 0 spiro atoms. The van der Waals surface area contributed by atoms with Gasteiger partial charge in [-0.3, -0.25) is 9.59 Å². The van der Waals surface area contributed by atoms with Crippen LogP contribution in [0.15, 0.2) is 71.2 Å². The van der Waals surface area contributed by atoms with Gasteiger partial charge in [0.05, 0.1) is 6.61 Å². The average molecular weight is 565 g/mol. The number of nitrogens with zero attached hydrogens (tertiary/aromatic N) is 2. The number of Topliss-reactive ketones (excluding diaryl/α,β-unsaturated/α-hetero) is 2. The normalized spacial score (nSPS) is 20.4. The number of ketones is 2. The van der Waals surface area contributed by atoms with Crippen molar-refractivity contribution in [3.63, 3.8) is 0 Å². The Balaban J connectivity index is 1.59. The molecular formula is C37H44N2O3. The van der Waals surface area contributed by atoms with Crippen molar-refractivity contribution in [3.8, 4) is 0 Å². The van der Waals surface area contributed by atoms with E-state index in [4.69, 9.17) is 4.74 Å². The van der Waals surface area contributed by atoms with Gasteiger partial charge in [-0.05, 0) is 54.7 Å². The summed E-state index contributed by atoms with van der Waals surface area (Å²) in [4.78, 5) is 30.7. The van der Waals surface area contributed by atoms with E-state index in [1.807, 2.05) is 0 Å². The van der Waals surface area contributed by atoms with Gasteiger partial charge >= 0.3 is 0 Å². The molecule has 1 aliphatic heterocycles. The molecule has 0 bridgehead atoms. The Bertz CT molecular complexity index is 1590. The lowest BCUT2D eigenvalue weighted by atomic mass is 9.63. The number of carbonyl (C=O) groups is 2. The Morgan fingerprint density at radius 3 is 1.98 bits per heavy atom. The van der Waals surface area contributed by atoms with Crippen LogP contribution < -0.4 is 0 Å². The van der Waals surface area contributed by atoms with Crippen LogP contribution in [0, 0.1) is 24.7 Å². The zero-order valence-corrected chi connectivity index (χ0v) is 26.3. The number of rotatable bonds is 6. The van der Waals surface area contributed by atoms with Crippen molar-refractivity contribution >= 4 is 22.5 Å². The molecule has 0 N–H and O–H groups in total. The molecule has 2 aliphatic carbocycles. The SMILES string of the molecule is COCCN1C2=C(C(=O)CC(C)(C)C2)C(c2cn(Cc3cc(C)cc(C)c3)c3ccccc23)C2=C1CC(C)(C)CC2=O. The summed E-state index contributed by atoms with van der Waals surface area (Å²) in [6, 6.07) is 15.2. The average Bonchev–Trinajstić information content (AvgIpc) is 3.23. The lowest BCUT2D eigenvalue weighted by molar-refractivity contribution is -0.119. The molecule has 2 aromatic carbocycles. The molecule has 0 fully saturated rings. The van der Waals surface area contributed by atoms with Crippen LogP contribution in [-0.4, -0.2) is 41.3 Å². The molecule has 0 atom stereocenters. The summed E-state index contributed by atoms with van der Waals surface area (Å²) in [7, 11) is 1.72. The molecule has 5 nitrogen and oxygen atoms in total. The first-order chi connectivity index (χ1) is 19.9. The molecule has 2 heterocycles. The van der Waals surface area contributed by atoms with Crippen LogP contribution in [0.2, 0.25) is 0 Å². The van der Waals surface area contributed by atoms with E-state index in [1.165, 1.54) is 16.7 Å². The van der Waals surface area contributed by atoms with Crippen LogP contribution in [-0.2, 0) is 20.9 Å². The maximum Gasteiger partial charge on any atom is 0.162 e. The van der Waals surface area contributed by atoms with Gasteiger partial charge in [0.15, 0.2) is 11.6 Å². The van der Waals surface area contributed by atoms with Gasteiger partial charge in [0.1, 0.15) is 0 Å². The van der Waals surface area contributed by atoms with Crippen molar-refractivity contribution in [1.82, 2.24) is 9.47 Å². The summed E-state index contributed by atoms with van der Waals surface area (Å²) >= 11 is 0. The summed E-state index contributed by atoms with van der Waals surface area (Å²) in [6.07, 6.45) is 4.82. The maximum atomic E-state index is 14.2. The Labute approximate surface area is 250 Å². The fourth-order valence-electron chi connectivity index (χ4n) is 7.80. The van der Waals surface area contributed by atoms with Crippen LogP contribution in [0.4, 0.5) is 0 Å². The third kappa shape index (κ3) is 5.06. The Morgan fingerprint density at radius 2 is 1.40 bits per heavy atom. The fraction of sp³-hybridized carbons (Fsp3) is 0.459. The standard InChI is InChI=1S/C37H44N2O3/c1-23-14-24(2)16-25(15-23)21-38-22-27(26-10-8-9-11-28(26)38)33-34-29(17-36(3,4)19-31(34)40)39(12-13-42-7)30-18-37(5,6)20-32(41)35(30)33/h8-11,14-16,22,33H,12-13,17-21H2,1-7H3. The number of aromatic nitrogens is 1. The van der Waals surface area contributed by atoms with Gasteiger partial charge < -0.3 is 14.2 Å². The molecule has 0 unspecified atom stereocenters. The number of hydrogen-bond acceptors (Lipinski definition) is 4. The number of hydrogen-bond donors (Lipinski definition) is 0. The monoisotopic (exact) mass is 564 g/mol. The van der Waals surface area contributed by atoms with Gasteiger partial charge in [0.25, 0.3) is 0 Å². The zero-order chi connectivity index (χ0) is 30.0. The third-order valence-electron chi connectivity index (χ3n) is 9.31. The topological polar surface area (TPSA) is 51.5 Å². The number of fused-ring (bicyclic) bond motifs is 1. The molecule has 0 radical (unpaired) electrons. The first kappa shape index (κ1) is 28.7. The van der Waals surface area contributed by atoms with Crippen molar-refractivity contribution in [1.29, 1.82) is 0 Å². The Morgan fingerprint density at radius 1 is 0.833 bits per heavy atom. The van der Waals surface area contributed by atoms with Gasteiger partial charge in [-0.1, -0.05) is 75.2 Å². The Kier molecular flexibility index (Phi) is 7.08. The van der Waals surface area contributed by atoms with E-state index >= 15 is 0 Å². The van der Waals surface area contributed by atoms with E-state index in [2.05, 4.69) is 99.7 Å². The van der Waals surface area contributed by atoms with E-state index in [-0.39, 0.29) is 28.3 Å². The summed E-state index contributed by atoms with van der Waals surface area (Å²) in [5, 5.41) is 1.12. The quantitative estimate of drug-likeness (QED) is 0.309. The molecule has 3 aliphatic rings. The molecular weight excluding hydrogens is 520 g/mol. The summed E-state index contributed by atoms with van der Waals surface area (Å²) in [5.74, 6) is -0.0145. The molecule has 1 aromatic heterocycles. The van der Waals surface area contributed by atoms with Crippen molar-refractivity contribution in [3.05, 3.63) is 93.5 Å². The van der Waals surface area contributed by atoms with Gasteiger partial charge in [0, 0.05) is 78.6 Å². The highest BCUT2D eigenvalue weighted by atomic mass is 16.5. The van der Waals surface area contributed by atoms with Gasteiger partial charge in [-0.25, -0.2) is 0 Å². The number of carbonyl (C=O) groups excluding carboxylic acids is 2. The maximum absolute atomic E-state index is 14.2. The minimum absolute atomic E-state index is 0.144. The first-order valence-electron chi connectivity index (χ1n) is 15.3. The number of aryl methyl sites for hydroxylation is 2.